The maximum atomic E-state index is 13.3. The maximum Gasteiger partial charge on any atom is 0.185 e. The molecule has 2 aromatic carbocycles. The van der Waals surface area contributed by atoms with E-state index in [-0.39, 0.29) is 5.78 Å². The van der Waals surface area contributed by atoms with Crippen molar-refractivity contribution in [2.24, 2.45) is 0 Å². The van der Waals surface area contributed by atoms with Gasteiger partial charge in [-0.05, 0) is 79.9 Å². The summed E-state index contributed by atoms with van der Waals surface area (Å²) >= 11 is 3.20. The fourth-order valence-corrected chi connectivity index (χ4v) is 6.42. The number of thiazole rings is 2. The van der Waals surface area contributed by atoms with Crippen LogP contribution in [0.3, 0.4) is 0 Å². The third-order valence-corrected chi connectivity index (χ3v) is 8.47. The first-order valence-corrected chi connectivity index (χ1v) is 13.7. The smallest absolute Gasteiger partial charge is 0.185 e. The molecule has 1 aliphatic carbocycles. The molecule has 7 rings (SSSR count). The van der Waals surface area contributed by atoms with Crippen molar-refractivity contribution in [1.29, 1.82) is 0 Å². The van der Waals surface area contributed by atoms with Gasteiger partial charge in [0.25, 0.3) is 0 Å². The van der Waals surface area contributed by atoms with E-state index in [1.807, 2.05) is 72.8 Å². The minimum Gasteiger partial charge on any atom is -0.454 e. The van der Waals surface area contributed by atoms with Gasteiger partial charge in [0.05, 0.1) is 20.4 Å². The van der Waals surface area contributed by atoms with Gasteiger partial charge >= 0.3 is 0 Å². The summed E-state index contributed by atoms with van der Waals surface area (Å²) in [4.78, 5) is 22.6. The molecule has 0 spiro atoms. The molecule has 0 atom stereocenters. The summed E-state index contributed by atoms with van der Waals surface area (Å²) in [6.45, 7) is 0. The van der Waals surface area contributed by atoms with Crippen LogP contribution in [-0.2, 0) is 4.79 Å². The van der Waals surface area contributed by atoms with Gasteiger partial charge in [-0.25, -0.2) is 9.97 Å². The molecule has 4 aromatic heterocycles. The molecule has 0 unspecified atom stereocenters. The van der Waals surface area contributed by atoms with Crippen LogP contribution in [0, 0.1) is 0 Å². The lowest BCUT2D eigenvalue weighted by atomic mass is 9.88. The molecule has 5 nitrogen and oxygen atoms in total. The number of fused-ring (bicyclic) bond motifs is 2. The van der Waals surface area contributed by atoms with Crippen LogP contribution >= 0.6 is 22.7 Å². The fraction of sp³-hybridized carbons (Fsp3) is 0.100. The Morgan fingerprint density at radius 1 is 0.649 bits per heavy atom. The van der Waals surface area contributed by atoms with Gasteiger partial charge in [0.1, 0.15) is 11.5 Å². The Bertz CT molecular complexity index is 1650. The highest BCUT2D eigenvalue weighted by atomic mass is 32.1. The number of carbonyl (C=O) groups is 1. The van der Waals surface area contributed by atoms with Gasteiger partial charge in [0.2, 0.25) is 0 Å². The predicted molar refractivity (Wildman–Crippen MR) is 149 cm³/mol. The molecule has 7 heteroatoms. The fourth-order valence-electron chi connectivity index (χ4n) is 4.57. The van der Waals surface area contributed by atoms with Crippen molar-refractivity contribution in [3.63, 3.8) is 0 Å². The zero-order valence-corrected chi connectivity index (χ0v) is 21.3. The monoisotopic (exact) mass is 520 g/mol. The van der Waals surface area contributed by atoms with Crippen molar-refractivity contribution >= 4 is 61.0 Å². The van der Waals surface area contributed by atoms with E-state index in [1.54, 1.807) is 22.7 Å². The van der Waals surface area contributed by atoms with E-state index in [2.05, 4.69) is 22.1 Å². The highest BCUT2D eigenvalue weighted by Crippen LogP contribution is 2.35. The molecule has 0 N–H and O–H groups in total. The lowest BCUT2D eigenvalue weighted by Crippen LogP contribution is -2.12. The van der Waals surface area contributed by atoms with Crippen LogP contribution in [0.4, 0.5) is 0 Å². The second-order valence-corrected chi connectivity index (χ2v) is 11.0. The lowest BCUT2D eigenvalue weighted by Gasteiger charge is -2.15. The van der Waals surface area contributed by atoms with Crippen LogP contribution in [0.5, 0.6) is 0 Å². The van der Waals surface area contributed by atoms with Gasteiger partial charge < -0.3 is 8.83 Å². The van der Waals surface area contributed by atoms with Gasteiger partial charge in [0.15, 0.2) is 27.3 Å². The number of ketones is 1. The summed E-state index contributed by atoms with van der Waals surface area (Å²) in [5.41, 5.74) is 3.42. The Balaban J connectivity index is 1.12. The third kappa shape index (κ3) is 4.26. The summed E-state index contributed by atoms with van der Waals surface area (Å²) in [7, 11) is 0. The van der Waals surface area contributed by atoms with Gasteiger partial charge in [-0.2, -0.15) is 0 Å². The first-order valence-electron chi connectivity index (χ1n) is 12.1. The average molecular weight is 521 g/mol. The first-order chi connectivity index (χ1) is 18.2. The number of aromatic nitrogens is 2. The van der Waals surface area contributed by atoms with E-state index >= 15 is 0 Å². The van der Waals surface area contributed by atoms with Crippen molar-refractivity contribution in [1.82, 2.24) is 9.97 Å². The largest absolute Gasteiger partial charge is 0.454 e. The third-order valence-electron chi connectivity index (χ3n) is 6.37. The molecule has 1 aliphatic rings. The number of allylic oxidation sites excluding steroid dienone is 2. The lowest BCUT2D eigenvalue weighted by molar-refractivity contribution is -0.112. The highest BCUT2D eigenvalue weighted by molar-refractivity contribution is 7.22. The molecular weight excluding hydrogens is 500 g/mol. The Morgan fingerprint density at radius 2 is 1.14 bits per heavy atom. The summed E-state index contributed by atoms with van der Waals surface area (Å²) in [5, 5.41) is 1.67. The normalized spacial score (nSPS) is 16.5. The summed E-state index contributed by atoms with van der Waals surface area (Å²) < 4.78 is 14.4. The van der Waals surface area contributed by atoms with Crippen molar-refractivity contribution in [3.05, 3.63) is 95.5 Å². The van der Waals surface area contributed by atoms with Crippen molar-refractivity contribution in [3.8, 4) is 21.5 Å². The van der Waals surface area contributed by atoms with Crippen LogP contribution in [-0.4, -0.2) is 15.8 Å². The van der Waals surface area contributed by atoms with E-state index < -0.39 is 0 Å². The number of nitrogens with zero attached hydrogens (tertiary/aromatic N) is 2. The molecule has 0 amide bonds. The topological polar surface area (TPSA) is 69.1 Å². The molecule has 4 heterocycles. The number of carbonyl (C=O) groups excluding carboxylic acids is 1. The zero-order chi connectivity index (χ0) is 24.8. The Kier molecular flexibility index (Phi) is 5.45. The van der Waals surface area contributed by atoms with Gasteiger partial charge in [-0.3, -0.25) is 4.79 Å². The number of rotatable bonds is 4. The number of para-hydroxylation sites is 2. The molecule has 180 valence electrons. The molecular formula is C30H20N2O3S2. The highest BCUT2D eigenvalue weighted by Gasteiger charge is 2.22. The van der Waals surface area contributed by atoms with E-state index in [4.69, 9.17) is 8.83 Å². The molecule has 1 fully saturated rings. The first kappa shape index (κ1) is 22.2. The number of hydrogen-bond donors (Lipinski definition) is 0. The minimum absolute atomic E-state index is 0.0436. The van der Waals surface area contributed by atoms with E-state index in [0.29, 0.717) is 23.0 Å². The molecule has 37 heavy (non-hydrogen) atoms. The second kappa shape index (κ2) is 9.10. The second-order valence-electron chi connectivity index (χ2n) is 8.90. The van der Waals surface area contributed by atoms with Crippen LogP contribution in [0.1, 0.15) is 30.8 Å². The maximum absolute atomic E-state index is 13.3. The van der Waals surface area contributed by atoms with Crippen molar-refractivity contribution in [2.75, 3.05) is 0 Å². The van der Waals surface area contributed by atoms with Crippen molar-refractivity contribution < 1.29 is 13.6 Å². The van der Waals surface area contributed by atoms with Crippen LogP contribution < -0.4 is 0 Å². The van der Waals surface area contributed by atoms with Crippen LogP contribution in [0.25, 0.3) is 54.1 Å². The zero-order valence-electron chi connectivity index (χ0n) is 19.6. The van der Waals surface area contributed by atoms with Crippen molar-refractivity contribution in [2.45, 2.75) is 19.3 Å². The minimum atomic E-state index is 0.0436. The average Bonchev–Trinajstić information content (AvgIpc) is 3.71. The number of hydrogen-bond acceptors (Lipinski definition) is 7. The predicted octanol–water partition coefficient (Wildman–Crippen LogP) is 8.65. The van der Waals surface area contributed by atoms with Gasteiger partial charge in [-0.1, -0.05) is 24.3 Å². The summed E-state index contributed by atoms with van der Waals surface area (Å²) in [6.07, 6.45) is 6.08. The van der Waals surface area contributed by atoms with Gasteiger partial charge in [-0.15, -0.1) is 22.7 Å². The Labute approximate surface area is 220 Å². The van der Waals surface area contributed by atoms with E-state index in [9.17, 15) is 4.79 Å². The quantitative estimate of drug-likeness (QED) is 0.218. The number of Topliss-reactive ketones (excluding diaryl/α,β-unsaturated/α-hetero) is 1. The Hall–Kier alpha value is -4.07. The molecule has 0 radical (unpaired) electrons. The summed E-state index contributed by atoms with van der Waals surface area (Å²) in [6, 6.07) is 23.7. The molecule has 0 bridgehead atoms. The summed E-state index contributed by atoms with van der Waals surface area (Å²) in [5.74, 6) is 2.79. The molecule has 0 saturated heterocycles. The van der Waals surface area contributed by atoms with Crippen LogP contribution in [0.15, 0.2) is 92.8 Å². The number of furan rings is 2. The van der Waals surface area contributed by atoms with E-state index in [1.165, 1.54) is 0 Å². The molecule has 0 aliphatic heterocycles. The number of benzene rings is 2. The standard InChI is InChI=1S/C30H20N2O3S2/c33-28-18(16-20-12-14-24(34-20)29-31-22-8-1-3-10-26(22)36-29)6-5-7-19(28)17-21-13-15-25(35-21)30-32-23-9-2-4-11-27(23)37-30/h1-4,8-17H,5-7H2/b18-16-,19-17+. The molecule has 1 saturated carbocycles. The Morgan fingerprint density at radius 3 is 1.62 bits per heavy atom. The SMILES string of the molecule is O=C1/C(=C\c2ccc(-c3nc4ccccc4s3)o2)CCC/C1=C\c1ccc(-c2nc3ccccc3s2)o1. The molecule has 6 aromatic rings. The van der Waals surface area contributed by atoms with Crippen LogP contribution in [0.2, 0.25) is 0 Å². The van der Waals surface area contributed by atoms with Gasteiger partial charge in [0, 0.05) is 11.1 Å². The van der Waals surface area contributed by atoms with E-state index in [0.717, 1.165) is 60.9 Å².